The number of aliphatic imine (C=N–C) groups is 1. The average molecular weight is 451 g/mol. The van der Waals surface area contributed by atoms with Crippen LogP contribution in [0.2, 0.25) is 0 Å². The van der Waals surface area contributed by atoms with Crippen LogP contribution in [0, 0.1) is 0 Å². The molecule has 0 saturated heterocycles. The van der Waals surface area contributed by atoms with Crippen molar-refractivity contribution in [3.63, 3.8) is 0 Å². The van der Waals surface area contributed by atoms with Gasteiger partial charge in [-0.2, -0.15) is 0 Å². The highest BCUT2D eigenvalue weighted by atomic mass is 127. The van der Waals surface area contributed by atoms with Crippen LogP contribution >= 0.6 is 24.0 Å². The fourth-order valence-electron chi connectivity index (χ4n) is 2.32. The van der Waals surface area contributed by atoms with Crippen molar-refractivity contribution in [3.05, 3.63) is 66.8 Å². The number of nitrogens with one attached hydrogen (secondary N) is 2. The zero-order chi connectivity index (χ0) is 16.6. The molecule has 7 heteroatoms. The molecule has 0 radical (unpaired) electrons. The number of benzene rings is 1. The Labute approximate surface area is 164 Å². The number of rotatable bonds is 6. The van der Waals surface area contributed by atoms with Crippen LogP contribution in [0.3, 0.4) is 0 Å². The lowest BCUT2D eigenvalue weighted by Crippen LogP contribution is -2.38. The van der Waals surface area contributed by atoms with Crippen LogP contribution in [-0.2, 0) is 13.1 Å². The van der Waals surface area contributed by atoms with E-state index in [2.05, 4.69) is 25.2 Å². The molecule has 0 fully saturated rings. The summed E-state index contributed by atoms with van der Waals surface area (Å²) in [7, 11) is 1.75. The number of aromatic nitrogens is 2. The van der Waals surface area contributed by atoms with Gasteiger partial charge in [-0.3, -0.25) is 4.99 Å². The molecule has 3 aromatic rings. The molecule has 0 amide bonds. The van der Waals surface area contributed by atoms with Gasteiger partial charge in [0.2, 0.25) is 5.89 Å². The van der Waals surface area contributed by atoms with E-state index in [1.165, 1.54) is 0 Å². The summed E-state index contributed by atoms with van der Waals surface area (Å²) < 4.78 is 7.65. The summed E-state index contributed by atoms with van der Waals surface area (Å²) in [5.74, 6) is 1.37. The van der Waals surface area contributed by atoms with Gasteiger partial charge in [0, 0.05) is 38.1 Å². The number of nitrogens with zero attached hydrogens (tertiary/aromatic N) is 3. The van der Waals surface area contributed by atoms with Crippen molar-refractivity contribution in [3.8, 4) is 11.5 Å². The third kappa shape index (κ3) is 5.63. The molecule has 6 nitrogen and oxygen atoms in total. The molecule has 2 N–H and O–H groups in total. The maximum atomic E-state index is 5.53. The molecule has 0 unspecified atom stereocenters. The second kappa shape index (κ2) is 9.87. The van der Waals surface area contributed by atoms with Gasteiger partial charge in [-0.1, -0.05) is 18.2 Å². The molecule has 0 aliphatic carbocycles. The van der Waals surface area contributed by atoms with Gasteiger partial charge in [0.25, 0.3) is 0 Å². The van der Waals surface area contributed by atoms with Gasteiger partial charge in [0.1, 0.15) is 6.26 Å². The molecule has 2 aromatic heterocycles. The molecule has 3 rings (SSSR count). The van der Waals surface area contributed by atoms with E-state index in [1.54, 1.807) is 13.3 Å². The van der Waals surface area contributed by atoms with Crippen LogP contribution in [0.4, 0.5) is 0 Å². The summed E-state index contributed by atoms with van der Waals surface area (Å²) in [4.78, 5) is 8.71. The largest absolute Gasteiger partial charge is 0.444 e. The van der Waals surface area contributed by atoms with Crippen LogP contribution < -0.4 is 10.6 Å². The fourth-order valence-corrected chi connectivity index (χ4v) is 2.32. The topological polar surface area (TPSA) is 67.4 Å². The molecular weight excluding hydrogens is 429 g/mol. The molecule has 2 heterocycles. The number of guanidine groups is 1. The van der Waals surface area contributed by atoms with E-state index in [1.807, 2.05) is 54.9 Å². The normalized spacial score (nSPS) is 11.0. The molecule has 0 saturated carbocycles. The Kier molecular flexibility index (Phi) is 7.52. The van der Waals surface area contributed by atoms with Crippen LogP contribution in [0.25, 0.3) is 11.5 Å². The number of hydrogen-bond donors (Lipinski definition) is 2. The predicted molar refractivity (Wildman–Crippen MR) is 110 cm³/mol. The maximum Gasteiger partial charge on any atom is 0.226 e. The Balaban J connectivity index is 0.00000225. The van der Waals surface area contributed by atoms with E-state index in [0.29, 0.717) is 12.4 Å². The lowest BCUT2D eigenvalue weighted by molar-refractivity contribution is 0.572. The van der Waals surface area contributed by atoms with Crippen molar-refractivity contribution in [2.24, 2.45) is 4.99 Å². The minimum atomic E-state index is 0. The molecule has 0 aliphatic heterocycles. The summed E-state index contributed by atoms with van der Waals surface area (Å²) in [6.07, 6.45) is 5.75. The Morgan fingerprint density at radius 2 is 1.88 bits per heavy atom. The van der Waals surface area contributed by atoms with E-state index in [4.69, 9.17) is 4.42 Å². The molecule has 0 atom stereocenters. The Bertz CT molecular complexity index is 768. The summed E-state index contributed by atoms with van der Waals surface area (Å²) >= 11 is 0. The summed E-state index contributed by atoms with van der Waals surface area (Å²) in [5, 5.41) is 6.51. The standard InChI is InChI=1S/C18H21N5O.HI/c1-19-18(20-9-12-23-10-5-6-11-23)21-13-16-14-24-17(22-16)15-7-3-2-4-8-15;/h2-8,10-11,14H,9,12-13H2,1H3,(H2,19,20,21);1H. The second-order valence-electron chi connectivity index (χ2n) is 5.28. The Morgan fingerprint density at radius 3 is 2.60 bits per heavy atom. The van der Waals surface area contributed by atoms with E-state index in [9.17, 15) is 0 Å². The lowest BCUT2D eigenvalue weighted by Gasteiger charge is -2.11. The number of oxazole rings is 1. The molecule has 0 aliphatic rings. The zero-order valence-electron chi connectivity index (χ0n) is 14.1. The predicted octanol–water partition coefficient (Wildman–Crippen LogP) is 3.13. The Hall–Kier alpha value is -2.29. The van der Waals surface area contributed by atoms with Gasteiger partial charge in [-0.25, -0.2) is 4.98 Å². The highest BCUT2D eigenvalue weighted by Crippen LogP contribution is 2.17. The highest BCUT2D eigenvalue weighted by molar-refractivity contribution is 14.0. The first-order chi connectivity index (χ1) is 11.8. The molecular formula is C18H22IN5O. The zero-order valence-corrected chi connectivity index (χ0v) is 16.4. The SMILES string of the molecule is CN=C(NCCn1cccc1)NCc1coc(-c2ccccc2)n1.I. The van der Waals surface area contributed by atoms with E-state index >= 15 is 0 Å². The van der Waals surface area contributed by atoms with Gasteiger partial charge in [-0.15, -0.1) is 24.0 Å². The molecule has 0 spiro atoms. The first-order valence-electron chi connectivity index (χ1n) is 7.90. The van der Waals surface area contributed by atoms with Crippen molar-refractivity contribution in [1.29, 1.82) is 0 Å². The fraction of sp³-hybridized carbons (Fsp3) is 0.222. The third-order valence-electron chi connectivity index (χ3n) is 3.56. The molecule has 132 valence electrons. The van der Waals surface area contributed by atoms with E-state index in [0.717, 1.165) is 30.3 Å². The van der Waals surface area contributed by atoms with Gasteiger partial charge < -0.3 is 19.6 Å². The second-order valence-corrected chi connectivity index (χ2v) is 5.28. The molecule has 25 heavy (non-hydrogen) atoms. The smallest absolute Gasteiger partial charge is 0.226 e. The van der Waals surface area contributed by atoms with Crippen molar-refractivity contribution in [2.75, 3.05) is 13.6 Å². The van der Waals surface area contributed by atoms with Gasteiger partial charge in [0.15, 0.2) is 5.96 Å². The lowest BCUT2D eigenvalue weighted by atomic mass is 10.2. The summed E-state index contributed by atoms with van der Waals surface area (Å²) in [6, 6.07) is 13.9. The van der Waals surface area contributed by atoms with Crippen molar-refractivity contribution in [2.45, 2.75) is 13.1 Å². The highest BCUT2D eigenvalue weighted by Gasteiger charge is 2.06. The van der Waals surface area contributed by atoms with Crippen LogP contribution in [0.1, 0.15) is 5.69 Å². The van der Waals surface area contributed by atoms with Gasteiger partial charge in [0.05, 0.1) is 12.2 Å². The third-order valence-corrected chi connectivity index (χ3v) is 3.56. The number of halogens is 1. The average Bonchev–Trinajstić information content (AvgIpc) is 3.30. The first kappa shape index (κ1) is 19.0. The first-order valence-corrected chi connectivity index (χ1v) is 7.90. The number of hydrogen-bond acceptors (Lipinski definition) is 3. The Morgan fingerprint density at radius 1 is 1.12 bits per heavy atom. The summed E-state index contributed by atoms with van der Waals surface area (Å²) in [5.41, 5.74) is 1.81. The molecule has 1 aromatic carbocycles. The quantitative estimate of drug-likeness (QED) is 0.344. The maximum absolute atomic E-state index is 5.53. The van der Waals surface area contributed by atoms with Crippen LogP contribution in [0.5, 0.6) is 0 Å². The van der Waals surface area contributed by atoms with Gasteiger partial charge >= 0.3 is 0 Å². The molecule has 0 bridgehead atoms. The van der Waals surface area contributed by atoms with Crippen molar-refractivity contribution < 1.29 is 4.42 Å². The van der Waals surface area contributed by atoms with E-state index in [-0.39, 0.29) is 24.0 Å². The van der Waals surface area contributed by atoms with Crippen molar-refractivity contribution in [1.82, 2.24) is 20.2 Å². The van der Waals surface area contributed by atoms with E-state index < -0.39 is 0 Å². The van der Waals surface area contributed by atoms with Gasteiger partial charge in [-0.05, 0) is 24.3 Å². The van der Waals surface area contributed by atoms with Crippen LogP contribution in [-0.4, -0.2) is 29.1 Å². The monoisotopic (exact) mass is 451 g/mol. The summed E-state index contributed by atoms with van der Waals surface area (Å²) in [6.45, 7) is 2.23. The van der Waals surface area contributed by atoms with Crippen molar-refractivity contribution >= 4 is 29.9 Å². The van der Waals surface area contributed by atoms with Crippen LogP contribution in [0.15, 0.2) is 70.5 Å². The minimum Gasteiger partial charge on any atom is -0.444 e. The minimum absolute atomic E-state index is 0.